The highest BCUT2D eigenvalue weighted by atomic mass is 16.5. The summed E-state index contributed by atoms with van der Waals surface area (Å²) in [5.74, 6) is 0.990. The first-order valence-electron chi connectivity index (χ1n) is 10.5. The van der Waals surface area contributed by atoms with Crippen LogP contribution in [0.3, 0.4) is 0 Å². The first-order chi connectivity index (χ1) is 15.2. The Morgan fingerprint density at radius 3 is 2.90 bits per heavy atom. The maximum Gasteiger partial charge on any atom is 0.268 e. The molecular weight excluding hydrogens is 390 g/mol. The molecule has 0 spiro atoms. The van der Waals surface area contributed by atoms with Gasteiger partial charge in [-0.25, -0.2) is 4.98 Å². The lowest BCUT2D eigenvalue weighted by Crippen LogP contribution is -2.22. The minimum atomic E-state index is -0.185. The van der Waals surface area contributed by atoms with Crippen molar-refractivity contribution >= 4 is 34.3 Å². The lowest BCUT2D eigenvalue weighted by atomic mass is 10.2. The lowest BCUT2D eigenvalue weighted by Gasteiger charge is -2.13. The van der Waals surface area contributed by atoms with E-state index in [2.05, 4.69) is 10.3 Å². The average molecular weight is 413 g/mol. The average Bonchev–Trinajstić information content (AvgIpc) is 3.32. The summed E-state index contributed by atoms with van der Waals surface area (Å²) < 4.78 is 6.94. The van der Waals surface area contributed by atoms with E-state index in [0.717, 1.165) is 29.4 Å². The molecule has 4 aromatic rings. The summed E-state index contributed by atoms with van der Waals surface area (Å²) >= 11 is 0. The topological polar surface area (TPSA) is 80.9 Å². The molecule has 31 heavy (non-hydrogen) atoms. The van der Waals surface area contributed by atoms with Gasteiger partial charge in [0.15, 0.2) is 11.4 Å². The zero-order valence-corrected chi connectivity index (χ0v) is 17.3. The van der Waals surface area contributed by atoms with Crippen molar-refractivity contribution in [3.63, 3.8) is 0 Å². The second-order valence-corrected chi connectivity index (χ2v) is 7.70. The van der Waals surface area contributed by atoms with Crippen LogP contribution in [0.2, 0.25) is 0 Å². The van der Waals surface area contributed by atoms with Crippen molar-refractivity contribution in [1.82, 2.24) is 14.4 Å². The first kappa shape index (κ1) is 19.2. The molecule has 1 N–H and O–H groups in total. The second kappa shape index (κ2) is 8.18. The van der Waals surface area contributed by atoms with Gasteiger partial charge in [0.2, 0.25) is 0 Å². The van der Waals surface area contributed by atoms with E-state index in [0.29, 0.717) is 22.8 Å². The largest absolute Gasteiger partial charge is 0.493 e. The molecule has 5 rings (SSSR count). The van der Waals surface area contributed by atoms with Crippen molar-refractivity contribution in [2.45, 2.75) is 31.7 Å². The Kier molecular flexibility index (Phi) is 5.08. The summed E-state index contributed by atoms with van der Waals surface area (Å²) in [6.07, 6.45) is 9.65. The predicted molar refractivity (Wildman–Crippen MR) is 123 cm³/mol. The van der Waals surface area contributed by atoms with E-state index in [9.17, 15) is 4.79 Å². The quantitative estimate of drug-likeness (QED) is 0.492. The van der Waals surface area contributed by atoms with Crippen LogP contribution in [-0.2, 0) is 0 Å². The number of ether oxygens (including phenoxy) is 1. The molecule has 3 heterocycles. The predicted octanol–water partition coefficient (Wildman–Crippen LogP) is 4.36. The van der Waals surface area contributed by atoms with E-state index < -0.39 is 0 Å². The van der Waals surface area contributed by atoms with Gasteiger partial charge in [0.05, 0.1) is 12.6 Å². The van der Waals surface area contributed by atoms with Gasteiger partial charge < -0.3 is 10.1 Å². The maximum absolute atomic E-state index is 13.4. The number of hydrogen-bond acceptors (Lipinski definition) is 6. The van der Waals surface area contributed by atoms with Gasteiger partial charge >= 0.3 is 0 Å². The number of hydrogen-bond donors (Lipinski definition) is 1. The Balaban J connectivity index is 1.64. The highest BCUT2D eigenvalue weighted by Crippen LogP contribution is 2.25. The smallest absolute Gasteiger partial charge is 0.268 e. The van der Waals surface area contributed by atoms with Gasteiger partial charge in [-0.05, 0) is 49.2 Å². The van der Waals surface area contributed by atoms with Crippen LogP contribution in [0, 0.1) is 0 Å². The van der Waals surface area contributed by atoms with Crippen molar-refractivity contribution < 1.29 is 4.74 Å². The molecule has 3 aromatic heterocycles. The number of fused-ring (bicyclic) bond motifs is 2. The summed E-state index contributed by atoms with van der Waals surface area (Å²) in [7, 11) is 1.57. The summed E-state index contributed by atoms with van der Waals surface area (Å²) in [4.78, 5) is 27.2. The molecule has 1 aromatic carbocycles. The van der Waals surface area contributed by atoms with Crippen molar-refractivity contribution in [2.24, 2.45) is 4.99 Å². The summed E-state index contributed by atoms with van der Waals surface area (Å²) in [5, 5.41) is 4.33. The Bertz CT molecular complexity index is 1340. The molecule has 7 heteroatoms. The number of pyridine rings is 2. The molecule has 1 aliphatic rings. The molecule has 0 aliphatic heterocycles. The fraction of sp³-hybridized carbons (Fsp3) is 0.250. The molecule has 0 bridgehead atoms. The third-order valence-electron chi connectivity index (χ3n) is 5.68. The summed E-state index contributed by atoms with van der Waals surface area (Å²) in [6.45, 7) is 0. The minimum absolute atomic E-state index is 0.185. The number of methoxy groups -OCH3 is 1. The molecule has 0 atom stereocenters. The second-order valence-electron chi connectivity index (χ2n) is 7.70. The van der Waals surface area contributed by atoms with E-state index in [1.54, 1.807) is 37.9 Å². The standard InChI is InChI=1S/C24H23N5O2/c1-31-21-9-5-13-29-23(21)28-22(19(24(29)30)15-26-17-7-2-3-8-17)27-18-10-11-20-16(14-18)6-4-12-25-20/h4-6,9-15,17,27H,2-3,7-8H2,1H3. The number of nitrogens with one attached hydrogen (secondary N) is 1. The van der Waals surface area contributed by atoms with Crippen LogP contribution < -0.4 is 15.6 Å². The molecule has 0 amide bonds. The highest BCUT2D eigenvalue weighted by molar-refractivity contribution is 5.89. The maximum atomic E-state index is 13.4. The van der Waals surface area contributed by atoms with E-state index in [4.69, 9.17) is 14.7 Å². The van der Waals surface area contributed by atoms with Gasteiger partial charge in [0.1, 0.15) is 11.4 Å². The van der Waals surface area contributed by atoms with Gasteiger partial charge in [0, 0.05) is 35.7 Å². The lowest BCUT2D eigenvalue weighted by molar-refractivity contribution is 0.416. The number of nitrogens with zero attached hydrogens (tertiary/aromatic N) is 4. The van der Waals surface area contributed by atoms with Crippen molar-refractivity contribution in [3.8, 4) is 5.75 Å². The fourth-order valence-electron chi connectivity index (χ4n) is 4.04. The van der Waals surface area contributed by atoms with Crippen LogP contribution in [0.15, 0.2) is 64.6 Å². The van der Waals surface area contributed by atoms with Crippen LogP contribution in [0.25, 0.3) is 16.6 Å². The van der Waals surface area contributed by atoms with Gasteiger partial charge in [0.25, 0.3) is 5.56 Å². The third-order valence-corrected chi connectivity index (χ3v) is 5.68. The van der Waals surface area contributed by atoms with Crippen LogP contribution in [0.5, 0.6) is 5.75 Å². The molecule has 156 valence electrons. The van der Waals surface area contributed by atoms with E-state index in [1.807, 2.05) is 30.3 Å². The molecule has 0 saturated heterocycles. The zero-order chi connectivity index (χ0) is 21.2. The van der Waals surface area contributed by atoms with Crippen LogP contribution in [-0.4, -0.2) is 33.7 Å². The van der Waals surface area contributed by atoms with Crippen LogP contribution in [0.4, 0.5) is 11.5 Å². The number of aliphatic imine (C=N–C) groups is 1. The van der Waals surface area contributed by atoms with E-state index in [-0.39, 0.29) is 11.6 Å². The SMILES string of the molecule is COc1cccn2c(=O)c(C=NC3CCCC3)c(Nc3ccc4ncccc4c3)nc12. The Morgan fingerprint density at radius 1 is 1.19 bits per heavy atom. The molecule has 0 unspecified atom stereocenters. The Morgan fingerprint density at radius 2 is 2.06 bits per heavy atom. The number of benzene rings is 1. The molecule has 7 nitrogen and oxygen atoms in total. The molecular formula is C24H23N5O2. The Labute approximate surface area is 179 Å². The molecule has 0 radical (unpaired) electrons. The first-order valence-corrected chi connectivity index (χ1v) is 10.5. The summed E-state index contributed by atoms with van der Waals surface area (Å²) in [6, 6.07) is 13.6. The van der Waals surface area contributed by atoms with Crippen molar-refractivity contribution in [2.75, 3.05) is 12.4 Å². The molecule has 1 saturated carbocycles. The fourth-order valence-corrected chi connectivity index (χ4v) is 4.04. The highest BCUT2D eigenvalue weighted by Gasteiger charge is 2.17. The summed E-state index contributed by atoms with van der Waals surface area (Å²) in [5.41, 5.74) is 2.43. The minimum Gasteiger partial charge on any atom is -0.493 e. The van der Waals surface area contributed by atoms with Gasteiger partial charge in [-0.1, -0.05) is 18.9 Å². The van der Waals surface area contributed by atoms with Crippen molar-refractivity contribution in [3.05, 3.63) is 70.8 Å². The van der Waals surface area contributed by atoms with Gasteiger partial charge in [-0.3, -0.25) is 19.2 Å². The number of aromatic nitrogens is 3. The van der Waals surface area contributed by atoms with Gasteiger partial charge in [-0.15, -0.1) is 0 Å². The van der Waals surface area contributed by atoms with E-state index >= 15 is 0 Å². The van der Waals surface area contributed by atoms with Gasteiger partial charge in [-0.2, -0.15) is 0 Å². The number of rotatable bonds is 5. The van der Waals surface area contributed by atoms with Crippen LogP contribution in [0.1, 0.15) is 31.2 Å². The Hall–Kier alpha value is -3.74. The molecule has 1 fully saturated rings. The zero-order valence-electron chi connectivity index (χ0n) is 17.3. The monoisotopic (exact) mass is 413 g/mol. The normalized spacial score (nSPS) is 14.6. The third kappa shape index (κ3) is 3.74. The van der Waals surface area contributed by atoms with Crippen LogP contribution >= 0.6 is 0 Å². The van der Waals surface area contributed by atoms with E-state index in [1.165, 1.54) is 17.2 Å². The van der Waals surface area contributed by atoms with Crippen molar-refractivity contribution in [1.29, 1.82) is 0 Å². The molecule has 1 aliphatic carbocycles. The number of anilines is 2.